The van der Waals surface area contributed by atoms with Crippen molar-refractivity contribution in [1.82, 2.24) is 0 Å². The lowest BCUT2D eigenvalue weighted by Gasteiger charge is -2.32. The van der Waals surface area contributed by atoms with Gasteiger partial charge < -0.3 is 0 Å². The molecule has 128 valence electrons. The number of halogens is 12. The van der Waals surface area contributed by atoms with Gasteiger partial charge >= 0.3 is 35.8 Å². The van der Waals surface area contributed by atoms with Gasteiger partial charge in [0, 0.05) is 0 Å². The number of alkyl halides is 9. The fourth-order valence-electron chi connectivity index (χ4n) is 1.02. The Bertz CT molecular complexity index is 508. The highest BCUT2D eigenvalue weighted by molar-refractivity contribution is 6.07. The van der Waals surface area contributed by atoms with Crippen LogP contribution in [0.5, 0.6) is 0 Å². The molecule has 0 aromatic heterocycles. The first-order valence-corrected chi connectivity index (χ1v) is 4.43. The zero-order valence-electron chi connectivity index (χ0n) is 9.35. The average Bonchev–Trinajstić information content (AvgIpc) is 2.31. The summed E-state index contributed by atoms with van der Waals surface area (Å²) in [6.07, 6.45) is -18.1. The molecule has 0 saturated carbocycles. The lowest BCUT2D eigenvalue weighted by Crippen LogP contribution is -2.66. The first-order valence-electron chi connectivity index (χ1n) is 4.43. The molecule has 0 spiro atoms. The second-order valence-electron chi connectivity index (χ2n) is 3.46. The smallest absolute Gasteiger partial charge is 0.287 e. The monoisotopic (exact) mass is 356 g/mol. The SMILES string of the molecule is O=C(C(F)(F)F)C(F)(F)C(F)(C(=O)C(F)=C(F)F)C(F)(F)F. The van der Waals surface area contributed by atoms with Crippen molar-refractivity contribution in [3.05, 3.63) is 11.9 Å². The van der Waals surface area contributed by atoms with Crippen molar-refractivity contribution in [2.24, 2.45) is 0 Å². The van der Waals surface area contributed by atoms with Crippen molar-refractivity contribution < 1.29 is 62.3 Å². The highest BCUT2D eigenvalue weighted by Crippen LogP contribution is 2.50. The lowest BCUT2D eigenvalue weighted by atomic mass is 9.88. The highest BCUT2D eigenvalue weighted by Gasteiger charge is 2.82. The summed E-state index contributed by atoms with van der Waals surface area (Å²) < 4.78 is 147. The van der Waals surface area contributed by atoms with E-state index >= 15 is 0 Å². The Balaban J connectivity index is 6.47. The Hall–Kier alpha value is -1.76. The van der Waals surface area contributed by atoms with E-state index in [1.807, 2.05) is 0 Å². The predicted octanol–water partition coefficient (Wildman–Crippen LogP) is 3.67. The molecule has 0 aromatic rings. The number of hydrogen-bond acceptors (Lipinski definition) is 2. The molecule has 14 heteroatoms. The molecular weight excluding hydrogens is 356 g/mol. The van der Waals surface area contributed by atoms with Crippen LogP contribution in [-0.2, 0) is 9.59 Å². The van der Waals surface area contributed by atoms with Crippen molar-refractivity contribution in [3.63, 3.8) is 0 Å². The van der Waals surface area contributed by atoms with E-state index < -0.39 is 47.4 Å². The van der Waals surface area contributed by atoms with Crippen LogP contribution >= 0.6 is 0 Å². The van der Waals surface area contributed by atoms with E-state index in [-0.39, 0.29) is 0 Å². The van der Waals surface area contributed by atoms with Crippen molar-refractivity contribution in [3.8, 4) is 0 Å². The van der Waals surface area contributed by atoms with Crippen LogP contribution in [0.2, 0.25) is 0 Å². The number of allylic oxidation sites excluding steroid dienone is 1. The minimum Gasteiger partial charge on any atom is -0.287 e. The topological polar surface area (TPSA) is 34.1 Å². The largest absolute Gasteiger partial charge is 0.456 e. The predicted molar refractivity (Wildman–Crippen MR) is 41.3 cm³/mol. The fourth-order valence-corrected chi connectivity index (χ4v) is 1.02. The van der Waals surface area contributed by atoms with E-state index in [4.69, 9.17) is 0 Å². The molecule has 22 heavy (non-hydrogen) atoms. The van der Waals surface area contributed by atoms with Gasteiger partial charge in [-0.05, 0) is 0 Å². The van der Waals surface area contributed by atoms with Crippen LogP contribution in [0.25, 0.3) is 0 Å². The molecule has 0 aliphatic carbocycles. The van der Waals surface area contributed by atoms with E-state index in [2.05, 4.69) is 0 Å². The molecule has 0 aromatic carbocycles. The van der Waals surface area contributed by atoms with E-state index in [1.165, 1.54) is 0 Å². The van der Waals surface area contributed by atoms with Gasteiger partial charge in [-0.2, -0.15) is 48.3 Å². The summed E-state index contributed by atoms with van der Waals surface area (Å²) in [6.45, 7) is 0. The van der Waals surface area contributed by atoms with Gasteiger partial charge in [-0.15, -0.1) is 0 Å². The number of hydrogen-bond donors (Lipinski definition) is 0. The summed E-state index contributed by atoms with van der Waals surface area (Å²) in [4.78, 5) is 20.7. The van der Waals surface area contributed by atoms with Gasteiger partial charge in [-0.3, -0.25) is 9.59 Å². The Morgan fingerprint density at radius 3 is 1.27 bits per heavy atom. The van der Waals surface area contributed by atoms with E-state index in [0.29, 0.717) is 0 Å². The van der Waals surface area contributed by atoms with Crippen LogP contribution in [0.3, 0.4) is 0 Å². The minimum absolute atomic E-state index is 4.01. The summed E-state index contributed by atoms with van der Waals surface area (Å²) in [5.74, 6) is -20.3. The van der Waals surface area contributed by atoms with E-state index in [1.54, 1.807) is 0 Å². The number of ketones is 2. The van der Waals surface area contributed by atoms with Gasteiger partial charge in [0.1, 0.15) is 0 Å². The highest BCUT2D eigenvalue weighted by atomic mass is 19.4. The molecule has 0 aliphatic heterocycles. The van der Waals surface area contributed by atoms with Crippen molar-refractivity contribution in [2.75, 3.05) is 0 Å². The van der Waals surface area contributed by atoms with Gasteiger partial charge in [-0.1, -0.05) is 0 Å². The molecular formula is C8F12O2. The number of rotatable bonds is 4. The maximum Gasteiger partial charge on any atom is 0.456 e. The van der Waals surface area contributed by atoms with Crippen LogP contribution in [0, 0.1) is 0 Å². The average molecular weight is 356 g/mol. The Labute approximate surface area is 111 Å². The van der Waals surface area contributed by atoms with Crippen molar-refractivity contribution >= 4 is 11.6 Å². The van der Waals surface area contributed by atoms with Crippen molar-refractivity contribution in [2.45, 2.75) is 23.9 Å². The molecule has 0 heterocycles. The zero-order chi connectivity index (χ0) is 18.3. The number of carbonyl (C=O) groups is 2. The van der Waals surface area contributed by atoms with Crippen LogP contribution in [-0.4, -0.2) is 35.5 Å². The maximum absolute atomic E-state index is 13.3. The Kier molecular flexibility index (Phi) is 5.02. The molecule has 2 nitrogen and oxygen atoms in total. The maximum atomic E-state index is 13.3. The third-order valence-electron chi connectivity index (χ3n) is 2.04. The Morgan fingerprint density at radius 1 is 0.682 bits per heavy atom. The van der Waals surface area contributed by atoms with Gasteiger partial charge in [0.25, 0.3) is 0 Å². The molecule has 1 atom stereocenters. The zero-order valence-corrected chi connectivity index (χ0v) is 9.35. The molecule has 0 rings (SSSR count). The first kappa shape index (κ1) is 20.2. The molecule has 0 fully saturated rings. The van der Waals surface area contributed by atoms with Crippen LogP contribution in [0.1, 0.15) is 0 Å². The molecule has 0 bridgehead atoms. The van der Waals surface area contributed by atoms with Gasteiger partial charge in [0.2, 0.25) is 11.6 Å². The minimum atomic E-state index is -7.32. The summed E-state index contributed by atoms with van der Waals surface area (Å²) in [5, 5.41) is 0. The van der Waals surface area contributed by atoms with E-state index in [9.17, 15) is 62.3 Å². The fraction of sp³-hybridized carbons (Fsp3) is 0.500. The van der Waals surface area contributed by atoms with Crippen LogP contribution in [0.15, 0.2) is 11.9 Å². The normalized spacial score (nSPS) is 16.0. The summed E-state index contributed by atoms with van der Waals surface area (Å²) in [5.41, 5.74) is -7.18. The summed E-state index contributed by atoms with van der Waals surface area (Å²) >= 11 is 0. The Morgan fingerprint density at radius 2 is 1.05 bits per heavy atom. The molecule has 0 amide bonds. The lowest BCUT2D eigenvalue weighted by molar-refractivity contribution is -0.288. The molecule has 0 radical (unpaired) electrons. The molecule has 0 saturated heterocycles. The third-order valence-corrected chi connectivity index (χ3v) is 2.04. The second-order valence-corrected chi connectivity index (χ2v) is 3.46. The summed E-state index contributed by atoms with van der Waals surface area (Å²) in [7, 11) is 0. The first-order chi connectivity index (χ1) is 9.42. The molecule has 1 unspecified atom stereocenters. The quantitative estimate of drug-likeness (QED) is 0.569. The van der Waals surface area contributed by atoms with Crippen LogP contribution in [0.4, 0.5) is 52.7 Å². The second kappa shape index (κ2) is 5.46. The number of Topliss-reactive ketones (excluding diaryl/α,β-unsaturated/α-hetero) is 2. The van der Waals surface area contributed by atoms with Crippen molar-refractivity contribution in [1.29, 1.82) is 0 Å². The number of carbonyl (C=O) groups excluding carboxylic acids is 2. The van der Waals surface area contributed by atoms with Gasteiger partial charge in [0.15, 0.2) is 0 Å². The standard InChI is InChI=1S/C8F12O2/c9-1(3(10)11)2(21)5(12,8(18,19)20)6(13,14)4(22)7(15,16)17. The van der Waals surface area contributed by atoms with E-state index in [0.717, 1.165) is 0 Å². The third kappa shape index (κ3) is 3.04. The molecule has 0 aliphatic rings. The van der Waals surface area contributed by atoms with Gasteiger partial charge in [0.05, 0.1) is 0 Å². The summed E-state index contributed by atoms with van der Waals surface area (Å²) in [6, 6.07) is 0. The molecule has 0 N–H and O–H groups in total. The van der Waals surface area contributed by atoms with Crippen LogP contribution < -0.4 is 0 Å². The van der Waals surface area contributed by atoms with Gasteiger partial charge in [-0.25, -0.2) is 4.39 Å².